The highest BCUT2D eigenvalue weighted by atomic mass is 32.1. The minimum absolute atomic E-state index is 0.0132. The van der Waals surface area contributed by atoms with Crippen LogP contribution in [0, 0.1) is 11.6 Å². The second-order valence-electron chi connectivity index (χ2n) is 7.87. The first kappa shape index (κ1) is 23.3. The lowest BCUT2D eigenvalue weighted by Crippen LogP contribution is -2.59. The summed E-state index contributed by atoms with van der Waals surface area (Å²) in [7, 11) is 0. The minimum atomic E-state index is -1.98. The van der Waals surface area contributed by atoms with Gasteiger partial charge in [0.2, 0.25) is 0 Å². The zero-order chi connectivity index (χ0) is 23.9. The van der Waals surface area contributed by atoms with Gasteiger partial charge >= 0.3 is 0 Å². The number of amides is 1. The van der Waals surface area contributed by atoms with E-state index in [4.69, 9.17) is 4.74 Å². The number of carbonyl (C=O) groups is 1. The van der Waals surface area contributed by atoms with E-state index in [2.05, 4.69) is 15.3 Å². The first-order valence-corrected chi connectivity index (χ1v) is 10.8. The predicted molar refractivity (Wildman–Crippen MR) is 114 cm³/mol. The van der Waals surface area contributed by atoms with Crippen LogP contribution in [0.15, 0.2) is 42.0 Å². The summed E-state index contributed by atoms with van der Waals surface area (Å²) in [6, 6.07) is 4.83. The zero-order valence-electron chi connectivity index (χ0n) is 17.5. The van der Waals surface area contributed by atoms with Gasteiger partial charge in [0.1, 0.15) is 40.1 Å². The van der Waals surface area contributed by atoms with Crippen LogP contribution in [0.2, 0.25) is 0 Å². The molecule has 1 saturated heterocycles. The number of aromatic nitrogens is 2. The second-order valence-corrected chi connectivity index (χ2v) is 8.72. The van der Waals surface area contributed by atoms with Gasteiger partial charge in [0.05, 0.1) is 23.6 Å². The molecular formula is C22H20F3N3O4S. The van der Waals surface area contributed by atoms with Crippen molar-refractivity contribution in [1.29, 1.82) is 0 Å². The van der Waals surface area contributed by atoms with E-state index < -0.39 is 47.6 Å². The number of hydrogen-bond donors (Lipinski definition) is 3. The summed E-state index contributed by atoms with van der Waals surface area (Å²) in [5.41, 5.74) is -1.95. The summed E-state index contributed by atoms with van der Waals surface area (Å²) < 4.78 is 48.7. The van der Waals surface area contributed by atoms with Crippen LogP contribution in [-0.2, 0) is 4.74 Å². The number of halogens is 3. The summed E-state index contributed by atoms with van der Waals surface area (Å²) in [5, 5.41) is 24.4. The molecule has 3 heterocycles. The highest BCUT2D eigenvalue weighted by Gasteiger charge is 2.51. The third-order valence-corrected chi connectivity index (χ3v) is 6.55. The van der Waals surface area contributed by atoms with Crippen LogP contribution in [0.3, 0.4) is 0 Å². The molecule has 1 aliphatic rings. The van der Waals surface area contributed by atoms with Crippen LogP contribution in [0.1, 0.15) is 36.0 Å². The molecule has 5 atom stereocenters. The Labute approximate surface area is 190 Å². The predicted octanol–water partition coefficient (Wildman–Crippen LogP) is 3.65. The van der Waals surface area contributed by atoms with E-state index in [9.17, 15) is 28.2 Å². The fourth-order valence-corrected chi connectivity index (χ4v) is 4.39. The highest BCUT2D eigenvalue weighted by molar-refractivity contribution is 7.13. The molecule has 0 spiro atoms. The van der Waals surface area contributed by atoms with Gasteiger partial charge in [-0.2, -0.15) is 0 Å². The molecule has 4 rings (SSSR count). The van der Waals surface area contributed by atoms with Crippen LogP contribution in [0.5, 0.6) is 0 Å². The summed E-state index contributed by atoms with van der Waals surface area (Å²) in [6.45, 7) is 2.78. The number of aliphatic hydroxyl groups is 2. The smallest absolute Gasteiger partial charge is 0.275 e. The molecule has 7 nitrogen and oxygen atoms in total. The number of nitrogens with zero attached hydrogens (tertiary/aromatic N) is 2. The number of benzene rings is 1. The summed E-state index contributed by atoms with van der Waals surface area (Å²) in [6.07, 6.45) is -3.25. The number of rotatable bonds is 4. The van der Waals surface area contributed by atoms with Crippen molar-refractivity contribution in [3.63, 3.8) is 0 Å². The van der Waals surface area contributed by atoms with Crippen molar-refractivity contribution in [3.05, 3.63) is 64.9 Å². The quantitative estimate of drug-likeness (QED) is 0.528. The minimum Gasteiger partial charge on any atom is -0.387 e. The van der Waals surface area contributed by atoms with Crippen molar-refractivity contribution in [1.82, 2.24) is 9.97 Å². The van der Waals surface area contributed by atoms with Crippen molar-refractivity contribution < 1.29 is 32.9 Å². The fraction of sp³-hybridized carbons (Fsp3) is 0.318. The molecule has 3 aromatic rings. The third-order valence-electron chi connectivity index (χ3n) is 5.69. The molecule has 3 N–H and O–H groups in total. The maximum Gasteiger partial charge on any atom is 0.275 e. The van der Waals surface area contributed by atoms with Crippen LogP contribution >= 0.6 is 11.3 Å². The third kappa shape index (κ3) is 4.24. The molecule has 2 aromatic heterocycles. The molecule has 1 amide bonds. The topological polar surface area (TPSA) is 105 Å². The van der Waals surface area contributed by atoms with Crippen molar-refractivity contribution in [3.8, 4) is 10.6 Å². The lowest BCUT2D eigenvalue weighted by Gasteiger charge is -2.45. The number of carbonyl (C=O) groups excluding carboxylic acids is 1. The molecule has 0 radical (unpaired) electrons. The van der Waals surface area contributed by atoms with E-state index in [0.717, 1.165) is 23.5 Å². The molecule has 0 saturated carbocycles. The lowest BCUT2D eigenvalue weighted by molar-refractivity contribution is -0.245. The van der Waals surface area contributed by atoms with Crippen molar-refractivity contribution in [2.75, 3.05) is 5.32 Å². The Morgan fingerprint density at radius 2 is 1.97 bits per heavy atom. The molecule has 174 valence electrons. The van der Waals surface area contributed by atoms with Gasteiger partial charge in [-0.05, 0) is 32.0 Å². The maximum atomic E-state index is 15.0. The first-order chi connectivity index (χ1) is 15.6. The number of pyridine rings is 1. The SMILES string of the molecule is C[C@@H]1O[C@H](c2ccncc2NC(=O)c2csc(-c3c(F)cccc3F)n2)[C@@H](F)[C@H](O)[C@@]1(C)O. The Kier molecular flexibility index (Phi) is 6.23. The average Bonchev–Trinajstić information content (AvgIpc) is 3.25. The number of thiazole rings is 1. The van der Waals surface area contributed by atoms with Crippen molar-refractivity contribution in [2.24, 2.45) is 0 Å². The molecule has 1 aliphatic heterocycles. The summed E-state index contributed by atoms with van der Waals surface area (Å²) in [4.78, 5) is 20.7. The molecule has 1 aromatic carbocycles. The standard InChI is InChI=1S/C22H20F3N3O4S/c1-10-22(2,31)19(29)17(25)18(32-10)11-6-7-26-8-14(11)27-20(30)15-9-33-21(28-15)16-12(23)4-3-5-13(16)24/h3-10,17-19,29,31H,1-2H3,(H,27,30)/t10-,17+,18+,19-,22-/m0/s1. The molecule has 11 heteroatoms. The van der Waals surface area contributed by atoms with E-state index in [1.807, 2.05) is 0 Å². The Morgan fingerprint density at radius 3 is 2.67 bits per heavy atom. The Balaban J connectivity index is 1.59. The van der Waals surface area contributed by atoms with Gasteiger partial charge in [0.25, 0.3) is 5.91 Å². The van der Waals surface area contributed by atoms with Crippen LogP contribution in [0.4, 0.5) is 18.9 Å². The van der Waals surface area contributed by atoms with Gasteiger partial charge in [-0.25, -0.2) is 18.2 Å². The average molecular weight is 479 g/mol. The molecule has 0 bridgehead atoms. The van der Waals surface area contributed by atoms with Crippen LogP contribution < -0.4 is 5.32 Å². The molecule has 0 unspecified atom stereocenters. The monoisotopic (exact) mass is 479 g/mol. The summed E-state index contributed by atoms with van der Waals surface area (Å²) in [5.74, 6) is -2.33. The van der Waals surface area contributed by atoms with Gasteiger partial charge in [0.15, 0.2) is 6.17 Å². The number of ether oxygens (including phenoxy) is 1. The van der Waals surface area contributed by atoms with E-state index in [0.29, 0.717) is 0 Å². The first-order valence-electron chi connectivity index (χ1n) is 9.96. The molecular weight excluding hydrogens is 459 g/mol. The van der Waals surface area contributed by atoms with E-state index in [1.54, 1.807) is 0 Å². The lowest BCUT2D eigenvalue weighted by atomic mass is 9.83. The number of aliphatic hydroxyl groups excluding tert-OH is 1. The van der Waals surface area contributed by atoms with E-state index in [-0.39, 0.29) is 27.5 Å². The Hall–Kier alpha value is -2.86. The number of hydrogen-bond acceptors (Lipinski definition) is 7. The highest BCUT2D eigenvalue weighted by Crippen LogP contribution is 2.41. The number of nitrogens with one attached hydrogen (secondary N) is 1. The Morgan fingerprint density at radius 1 is 1.27 bits per heavy atom. The van der Waals surface area contributed by atoms with Gasteiger partial charge < -0.3 is 20.3 Å². The maximum absolute atomic E-state index is 15.0. The molecule has 33 heavy (non-hydrogen) atoms. The van der Waals surface area contributed by atoms with Crippen LogP contribution in [-0.4, -0.2) is 50.1 Å². The molecule has 1 fully saturated rings. The van der Waals surface area contributed by atoms with Gasteiger partial charge in [-0.3, -0.25) is 9.78 Å². The Bertz CT molecular complexity index is 1170. The molecule has 0 aliphatic carbocycles. The van der Waals surface area contributed by atoms with Gasteiger partial charge in [0, 0.05) is 17.1 Å². The number of alkyl halides is 1. The van der Waals surface area contributed by atoms with Crippen LogP contribution in [0.25, 0.3) is 10.6 Å². The van der Waals surface area contributed by atoms with Gasteiger partial charge in [-0.1, -0.05) is 6.07 Å². The second kappa shape index (κ2) is 8.82. The largest absolute Gasteiger partial charge is 0.387 e. The number of anilines is 1. The fourth-order valence-electron chi connectivity index (χ4n) is 3.55. The van der Waals surface area contributed by atoms with E-state index in [1.165, 1.54) is 43.8 Å². The van der Waals surface area contributed by atoms with Gasteiger partial charge in [-0.15, -0.1) is 11.3 Å². The van der Waals surface area contributed by atoms with Crippen molar-refractivity contribution >= 4 is 22.9 Å². The van der Waals surface area contributed by atoms with E-state index >= 15 is 0 Å². The zero-order valence-corrected chi connectivity index (χ0v) is 18.3. The van der Waals surface area contributed by atoms with Crippen molar-refractivity contribution in [2.45, 2.75) is 43.9 Å². The summed E-state index contributed by atoms with van der Waals surface area (Å²) >= 11 is 0.890. The normalized spacial score (nSPS) is 27.4.